The molecule has 2 aromatic carbocycles. The van der Waals surface area contributed by atoms with Gasteiger partial charge >= 0.3 is 0 Å². The SMILES string of the molecule is CC(C)(C)c1cc(NC(=O)COc2ccccc2Cc2ccccc2)n([C@@H]2CCS(=O)(=O)C2)n1. The number of nitrogens with zero attached hydrogens (tertiary/aromatic N) is 2. The Morgan fingerprint density at radius 2 is 1.82 bits per heavy atom. The van der Waals surface area contributed by atoms with Crippen molar-refractivity contribution < 1.29 is 17.9 Å². The van der Waals surface area contributed by atoms with Crippen molar-refractivity contribution in [3.05, 3.63) is 77.5 Å². The van der Waals surface area contributed by atoms with Crippen molar-refractivity contribution in [2.24, 2.45) is 0 Å². The first-order chi connectivity index (χ1) is 16.1. The van der Waals surface area contributed by atoms with E-state index < -0.39 is 9.84 Å². The fourth-order valence-electron chi connectivity index (χ4n) is 4.03. The minimum absolute atomic E-state index is 0.0322. The summed E-state index contributed by atoms with van der Waals surface area (Å²) in [7, 11) is -3.09. The number of aromatic nitrogens is 2. The van der Waals surface area contributed by atoms with Crippen LogP contribution in [0.25, 0.3) is 0 Å². The summed E-state index contributed by atoms with van der Waals surface area (Å²) in [6, 6.07) is 19.3. The van der Waals surface area contributed by atoms with E-state index in [2.05, 4.69) is 22.5 Å². The van der Waals surface area contributed by atoms with E-state index in [1.807, 2.05) is 69.3 Å². The van der Waals surface area contributed by atoms with Gasteiger partial charge in [-0.15, -0.1) is 0 Å². The van der Waals surface area contributed by atoms with Crippen LogP contribution in [0.15, 0.2) is 60.7 Å². The zero-order valence-corrected chi connectivity index (χ0v) is 20.6. The number of hydrogen-bond acceptors (Lipinski definition) is 5. The Kier molecular flexibility index (Phi) is 6.79. The molecule has 7 nitrogen and oxygen atoms in total. The first-order valence-electron chi connectivity index (χ1n) is 11.5. The van der Waals surface area contributed by atoms with Crippen LogP contribution < -0.4 is 10.1 Å². The van der Waals surface area contributed by atoms with E-state index in [9.17, 15) is 13.2 Å². The summed E-state index contributed by atoms with van der Waals surface area (Å²) < 4.78 is 31.6. The van der Waals surface area contributed by atoms with Crippen molar-refractivity contribution >= 4 is 21.6 Å². The fraction of sp³-hybridized carbons (Fsp3) is 0.385. The van der Waals surface area contributed by atoms with Crippen molar-refractivity contribution in [2.75, 3.05) is 23.4 Å². The van der Waals surface area contributed by atoms with Crippen molar-refractivity contribution in [1.82, 2.24) is 9.78 Å². The molecule has 1 atom stereocenters. The van der Waals surface area contributed by atoms with Gasteiger partial charge in [0.1, 0.15) is 11.6 Å². The number of anilines is 1. The summed E-state index contributed by atoms with van der Waals surface area (Å²) in [4.78, 5) is 12.8. The second kappa shape index (κ2) is 9.62. The molecule has 0 saturated carbocycles. The summed E-state index contributed by atoms with van der Waals surface area (Å²) in [5.41, 5.74) is 2.71. The lowest BCUT2D eigenvalue weighted by Crippen LogP contribution is -2.24. The lowest BCUT2D eigenvalue weighted by molar-refractivity contribution is -0.118. The van der Waals surface area contributed by atoms with Crippen LogP contribution in [0.3, 0.4) is 0 Å². The maximum atomic E-state index is 12.8. The highest BCUT2D eigenvalue weighted by Gasteiger charge is 2.33. The Morgan fingerprint density at radius 1 is 1.12 bits per heavy atom. The lowest BCUT2D eigenvalue weighted by Gasteiger charge is -2.16. The molecule has 2 heterocycles. The molecule has 0 aliphatic carbocycles. The number of benzene rings is 2. The number of para-hydroxylation sites is 1. The van der Waals surface area contributed by atoms with Gasteiger partial charge in [-0.05, 0) is 23.6 Å². The van der Waals surface area contributed by atoms with E-state index in [1.165, 1.54) is 0 Å². The van der Waals surface area contributed by atoms with Crippen molar-refractivity contribution in [3.8, 4) is 5.75 Å². The Hall–Kier alpha value is -3.13. The monoisotopic (exact) mass is 481 g/mol. The second-order valence-corrected chi connectivity index (χ2v) is 12.0. The number of amides is 1. The summed E-state index contributed by atoms with van der Waals surface area (Å²) in [5, 5.41) is 7.55. The van der Waals surface area contributed by atoms with Gasteiger partial charge in [-0.25, -0.2) is 13.1 Å². The summed E-state index contributed by atoms with van der Waals surface area (Å²) in [6.07, 6.45) is 1.19. The van der Waals surface area contributed by atoms with Gasteiger partial charge in [0.05, 0.1) is 23.2 Å². The predicted molar refractivity (Wildman–Crippen MR) is 133 cm³/mol. The van der Waals surface area contributed by atoms with E-state index in [4.69, 9.17) is 4.74 Å². The lowest BCUT2D eigenvalue weighted by atomic mass is 9.92. The largest absolute Gasteiger partial charge is 0.483 e. The third-order valence-electron chi connectivity index (χ3n) is 5.89. The number of ether oxygens (including phenoxy) is 1. The third kappa shape index (κ3) is 5.86. The standard InChI is InChI=1S/C26H31N3O4S/c1-26(2,3)23-16-24(29(28-23)21-13-14-34(31,32)18-21)27-25(30)17-33-22-12-8-7-11-20(22)15-19-9-5-4-6-10-19/h4-12,16,21H,13-15,17-18H2,1-3H3,(H,27,30)/t21-/m1/s1. The zero-order chi connectivity index (χ0) is 24.3. The molecule has 0 radical (unpaired) electrons. The van der Waals surface area contributed by atoms with E-state index in [0.717, 1.165) is 16.8 Å². The number of hydrogen-bond donors (Lipinski definition) is 1. The van der Waals surface area contributed by atoms with Gasteiger partial charge in [0.15, 0.2) is 16.4 Å². The first-order valence-corrected chi connectivity index (χ1v) is 13.3. The maximum Gasteiger partial charge on any atom is 0.263 e. The Balaban J connectivity index is 1.47. The van der Waals surface area contributed by atoms with Crippen molar-refractivity contribution in [2.45, 2.75) is 45.1 Å². The molecule has 1 N–H and O–H groups in total. The summed E-state index contributed by atoms with van der Waals surface area (Å²) in [6.45, 7) is 5.93. The Morgan fingerprint density at radius 3 is 2.50 bits per heavy atom. The molecule has 1 saturated heterocycles. The summed E-state index contributed by atoms with van der Waals surface area (Å²) in [5.74, 6) is 1.00. The minimum Gasteiger partial charge on any atom is -0.483 e. The van der Waals surface area contributed by atoms with E-state index in [-0.39, 0.29) is 35.5 Å². The Labute approximate surface area is 201 Å². The number of nitrogens with one attached hydrogen (secondary N) is 1. The van der Waals surface area contributed by atoms with Crippen LogP contribution in [0.2, 0.25) is 0 Å². The molecule has 1 fully saturated rings. The number of rotatable bonds is 7. The van der Waals surface area contributed by atoms with Crippen LogP contribution in [0, 0.1) is 0 Å². The van der Waals surface area contributed by atoms with Gasteiger partial charge in [-0.1, -0.05) is 69.3 Å². The van der Waals surface area contributed by atoms with Crippen LogP contribution in [-0.2, 0) is 26.5 Å². The minimum atomic E-state index is -3.09. The van der Waals surface area contributed by atoms with Gasteiger partial charge in [0.25, 0.3) is 5.91 Å². The maximum absolute atomic E-state index is 12.8. The molecule has 1 aliphatic rings. The fourth-order valence-corrected chi connectivity index (χ4v) is 5.72. The van der Waals surface area contributed by atoms with Crippen molar-refractivity contribution in [3.63, 3.8) is 0 Å². The quantitative estimate of drug-likeness (QED) is 0.548. The number of carbonyl (C=O) groups is 1. The molecule has 4 rings (SSSR count). The molecule has 34 heavy (non-hydrogen) atoms. The van der Waals surface area contributed by atoms with Gasteiger partial charge in [0.2, 0.25) is 0 Å². The van der Waals surface area contributed by atoms with Crippen LogP contribution >= 0.6 is 0 Å². The van der Waals surface area contributed by atoms with Gasteiger partial charge < -0.3 is 10.1 Å². The second-order valence-electron chi connectivity index (χ2n) is 9.77. The van der Waals surface area contributed by atoms with E-state index >= 15 is 0 Å². The first kappa shape index (κ1) is 24.0. The number of carbonyl (C=O) groups excluding carboxylic acids is 1. The average molecular weight is 482 g/mol. The van der Waals surface area contributed by atoms with Crippen molar-refractivity contribution in [1.29, 1.82) is 0 Å². The number of sulfone groups is 1. The van der Waals surface area contributed by atoms with Crippen LogP contribution in [-0.4, -0.2) is 42.2 Å². The van der Waals surface area contributed by atoms with Gasteiger partial charge in [-0.2, -0.15) is 5.10 Å². The molecular formula is C26H31N3O4S. The highest BCUT2D eigenvalue weighted by atomic mass is 32.2. The molecular weight excluding hydrogens is 450 g/mol. The third-order valence-corrected chi connectivity index (χ3v) is 7.65. The topological polar surface area (TPSA) is 90.3 Å². The van der Waals surface area contributed by atoms with Gasteiger partial charge in [-0.3, -0.25) is 4.79 Å². The molecule has 0 bridgehead atoms. The zero-order valence-electron chi connectivity index (χ0n) is 19.8. The Bertz CT molecular complexity index is 1260. The van der Waals surface area contributed by atoms with E-state index in [0.29, 0.717) is 24.4 Å². The van der Waals surface area contributed by atoms with E-state index in [1.54, 1.807) is 4.68 Å². The highest BCUT2D eigenvalue weighted by Crippen LogP contribution is 2.31. The van der Waals surface area contributed by atoms with Gasteiger partial charge in [0, 0.05) is 17.9 Å². The smallest absolute Gasteiger partial charge is 0.263 e. The highest BCUT2D eigenvalue weighted by molar-refractivity contribution is 7.91. The molecule has 0 spiro atoms. The molecule has 1 amide bonds. The normalized spacial score (nSPS) is 17.4. The molecule has 180 valence electrons. The molecule has 0 unspecified atom stereocenters. The summed E-state index contributed by atoms with van der Waals surface area (Å²) >= 11 is 0. The van der Waals surface area contributed by atoms with Crippen LogP contribution in [0.1, 0.15) is 50.1 Å². The predicted octanol–water partition coefficient (Wildman–Crippen LogP) is 4.15. The molecule has 1 aliphatic heterocycles. The molecule has 3 aromatic rings. The average Bonchev–Trinajstić information content (AvgIpc) is 3.36. The van der Waals surface area contributed by atoms with Crippen LogP contribution in [0.5, 0.6) is 5.75 Å². The molecule has 8 heteroatoms. The van der Waals surface area contributed by atoms with Crippen LogP contribution in [0.4, 0.5) is 5.82 Å². The molecule has 1 aromatic heterocycles.